The lowest BCUT2D eigenvalue weighted by atomic mass is 9.57. The van der Waals surface area contributed by atoms with E-state index in [1.807, 2.05) is 0 Å². The van der Waals surface area contributed by atoms with Gasteiger partial charge < -0.3 is 0 Å². The summed E-state index contributed by atoms with van der Waals surface area (Å²) < 4.78 is 0. The van der Waals surface area contributed by atoms with Crippen LogP contribution in [0.2, 0.25) is 0 Å². The topological polar surface area (TPSA) is 0 Å². The molecule has 8 aliphatic carbocycles. The summed E-state index contributed by atoms with van der Waals surface area (Å²) in [7, 11) is 0. The molecule has 5 aromatic rings. The number of fused-ring (bicyclic) bond motifs is 8. The Kier molecular flexibility index (Phi) is 5.04. The summed E-state index contributed by atoms with van der Waals surface area (Å²) in [5.74, 6) is 2.00. The van der Waals surface area contributed by atoms with Crippen LogP contribution in [0.15, 0.2) is 109 Å². The maximum atomic E-state index is 2.66. The molecular formula is C52H42. The SMILES string of the molecule is CC1(C)c2cc(-c3ccc4c5c6c(ccc35)CC=CC=C6C3CC43)ccc2-c2ccc(C34CC3C=c3ccc5c6c3C4(C)CC=C6C=CCC=5)cc21. The Morgan fingerprint density at radius 1 is 0.731 bits per heavy atom. The van der Waals surface area contributed by atoms with Crippen molar-refractivity contribution in [1.29, 1.82) is 0 Å². The largest absolute Gasteiger partial charge is 0.0801 e. The second kappa shape index (κ2) is 9.16. The van der Waals surface area contributed by atoms with Gasteiger partial charge in [0, 0.05) is 16.2 Å². The molecule has 0 spiro atoms. The minimum Gasteiger partial charge on any atom is -0.0801 e. The van der Waals surface area contributed by atoms with E-state index in [2.05, 4.69) is 142 Å². The first-order valence-corrected chi connectivity index (χ1v) is 19.9. The quantitative estimate of drug-likeness (QED) is 0.176. The van der Waals surface area contributed by atoms with Gasteiger partial charge in [0.2, 0.25) is 0 Å². The molecule has 0 saturated heterocycles. The molecular weight excluding hydrogens is 625 g/mol. The van der Waals surface area contributed by atoms with Gasteiger partial charge in [-0.1, -0.05) is 136 Å². The molecule has 5 aromatic carbocycles. The number of hydrogen-bond acceptors (Lipinski definition) is 0. The summed E-state index contributed by atoms with van der Waals surface area (Å²) in [4.78, 5) is 0. The Bertz CT molecular complexity index is 2830. The van der Waals surface area contributed by atoms with Gasteiger partial charge in [-0.3, -0.25) is 0 Å². The first kappa shape index (κ1) is 28.6. The molecule has 0 amide bonds. The molecule has 250 valence electrons. The van der Waals surface area contributed by atoms with Crippen molar-refractivity contribution in [1.82, 2.24) is 0 Å². The van der Waals surface area contributed by atoms with Crippen LogP contribution in [0.3, 0.4) is 0 Å². The second-order valence-electron chi connectivity index (χ2n) is 18.1. The summed E-state index contributed by atoms with van der Waals surface area (Å²) in [5, 5.41) is 5.87. The average molecular weight is 667 g/mol. The fourth-order valence-electron chi connectivity index (χ4n) is 12.7. The maximum absolute atomic E-state index is 2.66. The Morgan fingerprint density at radius 3 is 2.50 bits per heavy atom. The van der Waals surface area contributed by atoms with E-state index in [1.165, 1.54) is 84.1 Å². The summed E-state index contributed by atoms with van der Waals surface area (Å²) >= 11 is 0. The van der Waals surface area contributed by atoms with Crippen molar-refractivity contribution < 1.29 is 0 Å². The van der Waals surface area contributed by atoms with Crippen LogP contribution < -0.4 is 10.4 Å². The zero-order valence-electron chi connectivity index (χ0n) is 30.3. The highest BCUT2D eigenvalue weighted by molar-refractivity contribution is 6.08. The molecule has 2 saturated carbocycles. The fourth-order valence-corrected chi connectivity index (χ4v) is 12.7. The van der Waals surface area contributed by atoms with E-state index in [4.69, 9.17) is 0 Å². The monoisotopic (exact) mass is 666 g/mol. The van der Waals surface area contributed by atoms with E-state index in [1.54, 1.807) is 27.8 Å². The van der Waals surface area contributed by atoms with Crippen LogP contribution in [0.1, 0.15) is 96.9 Å². The third-order valence-corrected chi connectivity index (χ3v) is 15.4. The Morgan fingerprint density at radius 2 is 1.58 bits per heavy atom. The van der Waals surface area contributed by atoms with E-state index < -0.39 is 0 Å². The van der Waals surface area contributed by atoms with Gasteiger partial charge in [-0.2, -0.15) is 0 Å². The van der Waals surface area contributed by atoms with Gasteiger partial charge in [0.15, 0.2) is 0 Å². The lowest BCUT2D eigenvalue weighted by molar-refractivity contribution is 0.335. The Balaban J connectivity index is 0.938. The highest BCUT2D eigenvalue weighted by Crippen LogP contribution is 2.70. The second-order valence-corrected chi connectivity index (χ2v) is 18.1. The molecule has 5 atom stereocenters. The van der Waals surface area contributed by atoms with Crippen LogP contribution in [0.4, 0.5) is 0 Å². The van der Waals surface area contributed by atoms with Gasteiger partial charge in [0.05, 0.1) is 0 Å². The molecule has 0 aliphatic heterocycles. The molecule has 8 aliphatic rings. The van der Waals surface area contributed by atoms with E-state index in [-0.39, 0.29) is 16.2 Å². The van der Waals surface area contributed by atoms with Gasteiger partial charge >= 0.3 is 0 Å². The highest BCUT2D eigenvalue weighted by Gasteiger charge is 2.67. The van der Waals surface area contributed by atoms with E-state index in [9.17, 15) is 0 Å². The highest BCUT2D eigenvalue weighted by atomic mass is 14.7. The molecule has 0 N–H and O–H groups in total. The number of rotatable bonds is 2. The van der Waals surface area contributed by atoms with E-state index in [0.29, 0.717) is 17.8 Å². The molecule has 0 aromatic heterocycles. The maximum Gasteiger partial charge on any atom is 0.0159 e. The molecule has 2 fully saturated rings. The zero-order chi connectivity index (χ0) is 34.3. The van der Waals surface area contributed by atoms with Crippen molar-refractivity contribution in [2.45, 2.75) is 75.0 Å². The fraction of sp³-hybridized carbons (Fsp3) is 0.269. The third kappa shape index (κ3) is 3.25. The van der Waals surface area contributed by atoms with Crippen molar-refractivity contribution in [3.05, 3.63) is 164 Å². The van der Waals surface area contributed by atoms with Crippen molar-refractivity contribution in [3.8, 4) is 22.3 Å². The van der Waals surface area contributed by atoms with Crippen molar-refractivity contribution in [2.24, 2.45) is 11.8 Å². The van der Waals surface area contributed by atoms with Gasteiger partial charge in [-0.15, -0.1) is 0 Å². The molecule has 52 heavy (non-hydrogen) atoms. The lowest BCUT2D eigenvalue weighted by Crippen LogP contribution is -2.47. The van der Waals surface area contributed by atoms with Crippen LogP contribution in [-0.4, -0.2) is 0 Å². The van der Waals surface area contributed by atoms with Crippen LogP contribution >= 0.6 is 0 Å². The summed E-state index contributed by atoms with van der Waals surface area (Å²) in [6.45, 7) is 7.56. The van der Waals surface area contributed by atoms with Crippen molar-refractivity contribution in [3.63, 3.8) is 0 Å². The molecule has 0 heteroatoms. The normalized spacial score (nSPS) is 29.2. The lowest BCUT2D eigenvalue weighted by Gasteiger charge is -2.46. The van der Waals surface area contributed by atoms with Crippen molar-refractivity contribution >= 4 is 34.1 Å². The minimum atomic E-state index is -0.0769. The summed E-state index contributed by atoms with van der Waals surface area (Å²) in [5.41, 5.74) is 21.0. The van der Waals surface area contributed by atoms with E-state index >= 15 is 0 Å². The molecule has 0 radical (unpaired) electrons. The molecule has 5 unspecified atom stereocenters. The summed E-state index contributed by atoms with van der Waals surface area (Å²) in [6, 6.07) is 29.7. The van der Waals surface area contributed by atoms with Gasteiger partial charge in [-0.25, -0.2) is 0 Å². The van der Waals surface area contributed by atoms with Crippen LogP contribution in [0, 0.1) is 11.8 Å². The Hall–Kier alpha value is -4.94. The predicted molar refractivity (Wildman–Crippen MR) is 217 cm³/mol. The summed E-state index contributed by atoms with van der Waals surface area (Å²) in [6.07, 6.45) is 25.1. The molecule has 0 heterocycles. The third-order valence-electron chi connectivity index (χ3n) is 15.4. The number of benzene rings is 5. The standard InChI is InChI=1S/C52H42/c1-50(2)44-25-32(36-20-21-41-43-27-42(43)39-11-7-6-9-30-14-18-40(36)48(41)47(30)39)15-17-37(44)38-19-16-34(26-45(38)50)52-28-35(52)24-33-13-12-29-8-4-5-10-31-22-23-51(52,3)49(33)46(29)31/h5-8,10-22,24-26,35,42-43H,4,9,23,27-28H2,1-3H3. The first-order chi connectivity index (χ1) is 25.4. The Labute approximate surface area is 306 Å². The average Bonchev–Trinajstić information content (AvgIpc) is 4.07. The van der Waals surface area contributed by atoms with Crippen molar-refractivity contribution in [2.75, 3.05) is 0 Å². The number of hydrogen-bond donors (Lipinski definition) is 0. The smallest absolute Gasteiger partial charge is 0.0159 e. The van der Waals surface area contributed by atoms with Gasteiger partial charge in [-0.05, 0) is 155 Å². The molecule has 0 bridgehead atoms. The van der Waals surface area contributed by atoms with Gasteiger partial charge in [0.25, 0.3) is 0 Å². The predicted octanol–water partition coefficient (Wildman–Crippen LogP) is 11.0. The van der Waals surface area contributed by atoms with Crippen LogP contribution in [-0.2, 0) is 22.7 Å². The van der Waals surface area contributed by atoms with E-state index in [0.717, 1.165) is 19.3 Å². The minimum absolute atomic E-state index is 0.0769. The first-order valence-electron chi connectivity index (χ1n) is 19.9. The van der Waals surface area contributed by atoms with Crippen LogP contribution in [0.25, 0.3) is 56.3 Å². The van der Waals surface area contributed by atoms with Gasteiger partial charge in [0.1, 0.15) is 0 Å². The van der Waals surface area contributed by atoms with Crippen LogP contribution in [0.5, 0.6) is 0 Å². The molecule has 0 nitrogen and oxygen atoms in total. The molecule has 13 rings (SSSR count). The zero-order valence-corrected chi connectivity index (χ0v) is 30.3. The number of allylic oxidation sites excluding steroid dienone is 8.